The van der Waals surface area contributed by atoms with Gasteiger partial charge in [0.1, 0.15) is 11.2 Å². The summed E-state index contributed by atoms with van der Waals surface area (Å²) in [5.74, 6) is -1.07. The van der Waals surface area contributed by atoms with Gasteiger partial charge in [-0.25, -0.2) is 4.79 Å². The second-order valence-electron chi connectivity index (χ2n) is 10.3. The van der Waals surface area contributed by atoms with Crippen molar-refractivity contribution >= 4 is 39.7 Å². The van der Waals surface area contributed by atoms with E-state index in [1.807, 2.05) is 25.3 Å². The van der Waals surface area contributed by atoms with Crippen LogP contribution in [0.1, 0.15) is 29.8 Å². The van der Waals surface area contributed by atoms with Gasteiger partial charge in [0.25, 0.3) is 0 Å². The van der Waals surface area contributed by atoms with Crippen LogP contribution in [-0.2, 0) is 5.41 Å². The molecule has 1 aromatic heterocycles. The van der Waals surface area contributed by atoms with Crippen molar-refractivity contribution in [1.29, 1.82) is 0 Å². The number of carboxylic acids is 1. The third-order valence-corrected chi connectivity index (χ3v) is 7.63. The van der Waals surface area contributed by atoms with Crippen molar-refractivity contribution in [3.8, 4) is 11.1 Å². The zero-order valence-electron chi connectivity index (χ0n) is 21.7. The molecule has 0 aliphatic carbocycles. The summed E-state index contributed by atoms with van der Waals surface area (Å²) in [6.07, 6.45) is 3.69. The molecule has 6 heteroatoms. The highest BCUT2D eigenvalue weighted by Crippen LogP contribution is 2.46. The standard InChI is InChI=1S/C33H25NO5/c1-33(2)25-10-6-7-11-26(25)34(3)29(33)17-15-22-27(36)16-14-24-30(20-8-4-5-9-21(20)32(37)38)23-13-12-19(35)18-28(23)39-31(22)24/h4-18H,1-3H3,(H,37,38). The molecule has 4 aromatic carbocycles. The van der Waals surface area contributed by atoms with Crippen molar-refractivity contribution in [2.45, 2.75) is 19.3 Å². The fourth-order valence-corrected chi connectivity index (χ4v) is 5.74. The zero-order valence-corrected chi connectivity index (χ0v) is 21.7. The van der Waals surface area contributed by atoms with E-state index in [-0.39, 0.29) is 27.4 Å². The Morgan fingerprint density at radius 3 is 2.38 bits per heavy atom. The van der Waals surface area contributed by atoms with E-state index in [1.165, 1.54) is 29.8 Å². The number of para-hydroxylation sites is 1. The fourth-order valence-electron chi connectivity index (χ4n) is 5.74. The second-order valence-corrected chi connectivity index (χ2v) is 10.3. The first-order valence-electron chi connectivity index (χ1n) is 12.6. The lowest BCUT2D eigenvalue weighted by Crippen LogP contribution is -2.25. The minimum absolute atomic E-state index is 0.114. The van der Waals surface area contributed by atoms with Crippen molar-refractivity contribution < 1.29 is 14.3 Å². The minimum atomic E-state index is -1.07. The molecule has 0 radical (unpaired) electrons. The zero-order chi connectivity index (χ0) is 27.5. The molecular weight excluding hydrogens is 490 g/mol. The molecule has 0 fully saturated rings. The predicted octanol–water partition coefficient (Wildman–Crippen LogP) is 5.48. The summed E-state index contributed by atoms with van der Waals surface area (Å²) in [7, 11) is 2.00. The number of fused-ring (bicyclic) bond motifs is 3. The van der Waals surface area contributed by atoms with Crippen molar-refractivity contribution in [3.05, 3.63) is 127 Å². The van der Waals surface area contributed by atoms with Crippen LogP contribution in [0, 0.1) is 0 Å². The first-order chi connectivity index (χ1) is 18.7. The van der Waals surface area contributed by atoms with Gasteiger partial charge >= 0.3 is 5.97 Å². The van der Waals surface area contributed by atoms with Crippen LogP contribution in [0.25, 0.3) is 39.1 Å². The summed E-state index contributed by atoms with van der Waals surface area (Å²) in [5.41, 5.74) is 4.29. The molecule has 5 aromatic rings. The number of hydrogen-bond acceptors (Lipinski definition) is 5. The monoisotopic (exact) mass is 515 g/mol. The maximum absolute atomic E-state index is 13.2. The highest BCUT2D eigenvalue weighted by atomic mass is 16.4. The van der Waals surface area contributed by atoms with E-state index < -0.39 is 5.97 Å². The Hall–Kier alpha value is -4.97. The van der Waals surface area contributed by atoms with Gasteiger partial charge in [-0.05, 0) is 59.7 Å². The summed E-state index contributed by atoms with van der Waals surface area (Å²) in [5, 5.41) is 11.4. The van der Waals surface area contributed by atoms with Crippen molar-refractivity contribution in [1.82, 2.24) is 0 Å². The molecule has 2 heterocycles. The van der Waals surface area contributed by atoms with Gasteiger partial charge in [-0.2, -0.15) is 0 Å². The molecular formula is C33H25NO5. The molecule has 0 spiro atoms. The van der Waals surface area contributed by atoms with Gasteiger partial charge < -0.3 is 14.4 Å². The average Bonchev–Trinajstić information content (AvgIpc) is 3.11. The highest BCUT2D eigenvalue weighted by molar-refractivity contribution is 6.11. The van der Waals surface area contributed by atoms with Crippen molar-refractivity contribution in [2.75, 3.05) is 11.9 Å². The van der Waals surface area contributed by atoms with Crippen LogP contribution in [0.15, 0.2) is 105 Å². The summed E-state index contributed by atoms with van der Waals surface area (Å²) in [4.78, 5) is 39.8. The minimum Gasteiger partial charge on any atom is -0.478 e. The van der Waals surface area contributed by atoms with E-state index in [0.29, 0.717) is 32.7 Å². The summed E-state index contributed by atoms with van der Waals surface area (Å²) >= 11 is 0. The largest absolute Gasteiger partial charge is 0.478 e. The van der Waals surface area contributed by atoms with E-state index >= 15 is 0 Å². The molecule has 0 atom stereocenters. The number of anilines is 1. The van der Waals surface area contributed by atoms with Gasteiger partial charge in [-0.3, -0.25) is 9.59 Å². The molecule has 192 valence electrons. The third-order valence-electron chi connectivity index (χ3n) is 7.63. The van der Waals surface area contributed by atoms with Crippen LogP contribution in [-0.4, -0.2) is 18.1 Å². The molecule has 0 bridgehead atoms. The Labute approximate surface area is 223 Å². The number of nitrogens with zero attached hydrogens (tertiary/aromatic N) is 1. The first-order valence-corrected chi connectivity index (χ1v) is 12.6. The van der Waals surface area contributed by atoms with Gasteiger partial charge in [0, 0.05) is 46.2 Å². The molecule has 0 saturated carbocycles. The van der Waals surface area contributed by atoms with Crippen LogP contribution >= 0.6 is 0 Å². The summed E-state index contributed by atoms with van der Waals surface area (Å²) < 4.78 is 6.24. The van der Waals surface area contributed by atoms with Gasteiger partial charge in [0.2, 0.25) is 0 Å². The smallest absolute Gasteiger partial charge is 0.336 e. The molecule has 39 heavy (non-hydrogen) atoms. The SMILES string of the molecule is CN1C(=CC=c2c(=O)ccc3c(-c4ccccc4C(=O)O)c4ccc(=O)cc4oc23)C(C)(C)c2ccccc21. The normalized spacial score (nSPS) is 15.8. The second kappa shape index (κ2) is 8.81. The van der Waals surface area contributed by atoms with Crippen LogP contribution < -0.4 is 21.0 Å². The molecule has 0 amide bonds. The Morgan fingerprint density at radius 1 is 0.897 bits per heavy atom. The molecule has 6 nitrogen and oxygen atoms in total. The van der Waals surface area contributed by atoms with E-state index in [9.17, 15) is 19.5 Å². The van der Waals surface area contributed by atoms with Crippen molar-refractivity contribution in [2.24, 2.45) is 0 Å². The third kappa shape index (κ3) is 3.76. The first kappa shape index (κ1) is 24.4. The van der Waals surface area contributed by atoms with E-state index in [0.717, 1.165) is 11.4 Å². The molecule has 0 saturated heterocycles. The Bertz CT molecular complexity index is 2030. The summed E-state index contributed by atoms with van der Waals surface area (Å²) in [6, 6.07) is 22.5. The molecule has 0 unspecified atom stereocenters. The van der Waals surface area contributed by atoms with Gasteiger partial charge in [0.15, 0.2) is 10.9 Å². The Balaban J connectivity index is 1.70. The Morgan fingerprint density at radius 2 is 1.62 bits per heavy atom. The number of carbonyl (C=O) groups is 1. The maximum atomic E-state index is 13.2. The quantitative estimate of drug-likeness (QED) is 0.320. The number of benzene rings is 4. The fraction of sp³-hybridized carbons (Fsp3) is 0.121. The number of aromatic carboxylic acids is 1. The van der Waals surface area contributed by atoms with Gasteiger partial charge in [-0.1, -0.05) is 50.2 Å². The van der Waals surface area contributed by atoms with Crippen LogP contribution in [0.3, 0.4) is 0 Å². The molecule has 1 aliphatic heterocycles. The lowest BCUT2D eigenvalue weighted by atomic mass is 9.84. The van der Waals surface area contributed by atoms with Gasteiger partial charge in [-0.15, -0.1) is 0 Å². The lowest BCUT2D eigenvalue weighted by molar-refractivity contribution is 0.0697. The van der Waals surface area contributed by atoms with Gasteiger partial charge in [0.05, 0.1) is 10.8 Å². The summed E-state index contributed by atoms with van der Waals surface area (Å²) in [6.45, 7) is 4.29. The van der Waals surface area contributed by atoms with E-state index in [1.54, 1.807) is 36.4 Å². The number of rotatable bonds is 3. The number of allylic oxidation sites excluding steroid dienone is 2. The number of likely N-dealkylation sites (N-methyl/N-ethyl adjacent to an activating group) is 1. The molecule has 1 aliphatic rings. The van der Waals surface area contributed by atoms with Crippen LogP contribution in [0.4, 0.5) is 5.69 Å². The lowest BCUT2D eigenvalue weighted by Gasteiger charge is -2.23. The van der Waals surface area contributed by atoms with E-state index in [2.05, 4.69) is 30.9 Å². The number of hydrogen-bond donors (Lipinski definition) is 1. The van der Waals surface area contributed by atoms with Crippen LogP contribution in [0.5, 0.6) is 0 Å². The Kier molecular flexibility index (Phi) is 5.50. The molecule has 1 N–H and O–H groups in total. The van der Waals surface area contributed by atoms with Crippen molar-refractivity contribution in [3.63, 3.8) is 0 Å². The highest BCUT2D eigenvalue weighted by Gasteiger charge is 2.37. The average molecular weight is 516 g/mol. The number of carboxylic acid groups (broad SMARTS) is 1. The topological polar surface area (TPSA) is 87.8 Å². The van der Waals surface area contributed by atoms with E-state index in [4.69, 9.17) is 4.42 Å². The van der Waals surface area contributed by atoms with Crippen LogP contribution in [0.2, 0.25) is 0 Å². The molecule has 6 rings (SSSR count). The predicted molar refractivity (Wildman–Crippen MR) is 154 cm³/mol. The maximum Gasteiger partial charge on any atom is 0.336 e.